The van der Waals surface area contributed by atoms with Crippen LogP contribution in [-0.4, -0.2) is 60.3 Å². The Bertz CT molecular complexity index is 498. The topological polar surface area (TPSA) is 81.0 Å². The zero-order valence-electron chi connectivity index (χ0n) is 12.8. The third-order valence-corrected chi connectivity index (χ3v) is 4.43. The summed E-state index contributed by atoms with van der Waals surface area (Å²) in [5.74, 6) is 0.593. The Balaban J connectivity index is 2.24. The number of nitrogens with one attached hydrogen (secondary N) is 1. The summed E-state index contributed by atoms with van der Waals surface area (Å²) in [4.78, 5) is 0. The Morgan fingerprint density at radius 3 is 2.67 bits per heavy atom. The third-order valence-electron chi connectivity index (χ3n) is 2.75. The summed E-state index contributed by atoms with van der Waals surface area (Å²) in [5.41, 5.74) is 0. The molecule has 0 aromatic carbocycles. The molecule has 1 heterocycles. The summed E-state index contributed by atoms with van der Waals surface area (Å²) < 4.78 is 40.3. The lowest BCUT2D eigenvalue weighted by Crippen LogP contribution is -2.21. The monoisotopic (exact) mass is 320 g/mol. The molecule has 21 heavy (non-hydrogen) atoms. The van der Waals surface area contributed by atoms with Crippen LogP contribution in [0, 0.1) is 0 Å². The van der Waals surface area contributed by atoms with Crippen LogP contribution >= 0.6 is 0 Å². The van der Waals surface area contributed by atoms with E-state index in [0.29, 0.717) is 32.1 Å². The number of sulfonamides is 1. The van der Waals surface area contributed by atoms with Gasteiger partial charge in [0.25, 0.3) is 10.0 Å². The van der Waals surface area contributed by atoms with E-state index in [4.69, 9.17) is 13.9 Å². The minimum atomic E-state index is -3.50. The number of furan rings is 1. The number of rotatable bonds is 11. The maximum Gasteiger partial charge on any atom is 0.275 e. The van der Waals surface area contributed by atoms with Gasteiger partial charge in [-0.1, -0.05) is 0 Å². The Hall–Kier alpha value is -0.930. The van der Waals surface area contributed by atoms with Crippen LogP contribution in [0.4, 0.5) is 0 Å². The lowest BCUT2D eigenvalue weighted by molar-refractivity contribution is 0.0694. The molecular weight excluding hydrogens is 296 g/mol. The molecule has 1 aromatic rings. The molecule has 122 valence electrons. The highest BCUT2D eigenvalue weighted by Gasteiger charge is 2.21. The summed E-state index contributed by atoms with van der Waals surface area (Å²) in [6, 6.07) is 3.14. The van der Waals surface area contributed by atoms with Crippen molar-refractivity contribution in [3.63, 3.8) is 0 Å². The first-order chi connectivity index (χ1) is 9.98. The molecule has 0 amide bonds. The molecule has 0 saturated heterocycles. The van der Waals surface area contributed by atoms with Gasteiger partial charge in [0.05, 0.1) is 19.8 Å². The van der Waals surface area contributed by atoms with Gasteiger partial charge in [0.15, 0.2) is 0 Å². The van der Waals surface area contributed by atoms with E-state index in [-0.39, 0.29) is 5.09 Å². The molecule has 0 fully saturated rings. The molecule has 1 rings (SSSR count). The molecule has 0 radical (unpaired) electrons. The predicted octanol–water partition coefficient (Wildman–Crippen LogP) is 0.673. The van der Waals surface area contributed by atoms with E-state index in [1.54, 1.807) is 13.2 Å². The molecule has 0 saturated carbocycles. The van der Waals surface area contributed by atoms with Crippen LogP contribution in [0.1, 0.15) is 12.2 Å². The van der Waals surface area contributed by atoms with Gasteiger partial charge in [-0.2, -0.15) is 0 Å². The number of nitrogens with zero attached hydrogens (tertiary/aromatic N) is 1. The van der Waals surface area contributed by atoms with Gasteiger partial charge < -0.3 is 19.2 Å². The number of ether oxygens (including phenoxy) is 2. The maximum absolute atomic E-state index is 11.8. The molecule has 0 unspecified atom stereocenters. The van der Waals surface area contributed by atoms with Gasteiger partial charge in [0, 0.05) is 27.8 Å². The third kappa shape index (κ3) is 6.15. The van der Waals surface area contributed by atoms with Crippen molar-refractivity contribution >= 4 is 10.0 Å². The Kier molecular flexibility index (Phi) is 7.91. The lowest BCUT2D eigenvalue weighted by atomic mass is 10.4. The molecule has 0 aliphatic rings. The van der Waals surface area contributed by atoms with E-state index in [1.165, 1.54) is 20.2 Å². The first-order valence-electron chi connectivity index (χ1n) is 6.77. The average molecular weight is 320 g/mol. The van der Waals surface area contributed by atoms with Gasteiger partial charge in [0.2, 0.25) is 5.09 Å². The second-order valence-corrected chi connectivity index (χ2v) is 6.73. The molecule has 8 heteroatoms. The summed E-state index contributed by atoms with van der Waals surface area (Å²) in [5, 5.41) is 3.14. The van der Waals surface area contributed by atoms with Gasteiger partial charge in [-0.15, -0.1) is 0 Å². The first-order valence-corrected chi connectivity index (χ1v) is 8.21. The van der Waals surface area contributed by atoms with Crippen molar-refractivity contribution in [1.29, 1.82) is 0 Å². The molecular formula is C13H24N2O5S. The van der Waals surface area contributed by atoms with Gasteiger partial charge in [-0.25, -0.2) is 12.7 Å². The first kappa shape index (κ1) is 18.1. The largest absolute Gasteiger partial charge is 0.447 e. The minimum Gasteiger partial charge on any atom is -0.447 e. The van der Waals surface area contributed by atoms with E-state index in [9.17, 15) is 8.42 Å². The molecule has 1 N–H and O–H groups in total. The molecule has 0 atom stereocenters. The van der Waals surface area contributed by atoms with Crippen molar-refractivity contribution in [3.8, 4) is 0 Å². The highest BCUT2D eigenvalue weighted by molar-refractivity contribution is 7.88. The Labute approximate surface area is 126 Å². The molecule has 0 bridgehead atoms. The van der Waals surface area contributed by atoms with E-state index in [2.05, 4.69) is 5.32 Å². The van der Waals surface area contributed by atoms with Gasteiger partial charge in [-0.05, 0) is 25.1 Å². The smallest absolute Gasteiger partial charge is 0.275 e. The predicted molar refractivity (Wildman–Crippen MR) is 78.6 cm³/mol. The maximum atomic E-state index is 11.8. The summed E-state index contributed by atoms with van der Waals surface area (Å²) in [6.07, 6.45) is 0.868. The normalized spacial score (nSPS) is 12.2. The van der Waals surface area contributed by atoms with Crippen molar-refractivity contribution in [3.05, 3.63) is 17.9 Å². The zero-order chi connectivity index (χ0) is 15.7. The second kappa shape index (κ2) is 9.16. The Morgan fingerprint density at radius 2 is 2.00 bits per heavy atom. The summed E-state index contributed by atoms with van der Waals surface area (Å²) in [6.45, 7) is 3.11. The fraction of sp³-hybridized carbons (Fsp3) is 0.692. The van der Waals surface area contributed by atoms with Gasteiger partial charge in [-0.3, -0.25) is 0 Å². The summed E-state index contributed by atoms with van der Waals surface area (Å²) >= 11 is 0. The molecule has 0 spiro atoms. The van der Waals surface area contributed by atoms with Crippen LogP contribution in [0.5, 0.6) is 0 Å². The number of hydrogen-bond donors (Lipinski definition) is 1. The molecule has 0 aliphatic heterocycles. The second-order valence-electron chi connectivity index (χ2n) is 4.64. The highest BCUT2D eigenvalue weighted by Crippen LogP contribution is 2.16. The van der Waals surface area contributed by atoms with Crippen LogP contribution in [0.25, 0.3) is 0 Å². The van der Waals surface area contributed by atoms with Gasteiger partial charge in [0.1, 0.15) is 5.76 Å². The zero-order valence-corrected chi connectivity index (χ0v) is 13.6. The van der Waals surface area contributed by atoms with Crippen LogP contribution in [0.3, 0.4) is 0 Å². The fourth-order valence-electron chi connectivity index (χ4n) is 1.53. The van der Waals surface area contributed by atoms with Crippen LogP contribution < -0.4 is 5.32 Å². The van der Waals surface area contributed by atoms with Crippen molar-refractivity contribution in [2.75, 3.05) is 47.6 Å². The molecule has 0 aliphatic carbocycles. The average Bonchev–Trinajstić information content (AvgIpc) is 2.91. The standard InChI is InChI=1S/C13H24N2O5S/c1-15(2)21(16,17)13-6-5-12(20-13)11-14-7-4-8-19-10-9-18-3/h5-6,14H,4,7-11H2,1-3H3. The number of hydrogen-bond acceptors (Lipinski definition) is 6. The molecule has 1 aromatic heterocycles. The van der Waals surface area contributed by atoms with Crippen molar-refractivity contribution in [1.82, 2.24) is 9.62 Å². The highest BCUT2D eigenvalue weighted by atomic mass is 32.2. The molecule has 7 nitrogen and oxygen atoms in total. The van der Waals surface area contributed by atoms with Crippen LogP contribution in [-0.2, 0) is 26.0 Å². The van der Waals surface area contributed by atoms with Crippen molar-refractivity contribution < 1.29 is 22.3 Å². The van der Waals surface area contributed by atoms with Gasteiger partial charge >= 0.3 is 0 Å². The lowest BCUT2D eigenvalue weighted by Gasteiger charge is -2.08. The SMILES string of the molecule is COCCOCCCNCc1ccc(S(=O)(=O)N(C)C)o1. The van der Waals surface area contributed by atoms with Crippen molar-refractivity contribution in [2.24, 2.45) is 0 Å². The van der Waals surface area contributed by atoms with E-state index in [0.717, 1.165) is 17.3 Å². The van der Waals surface area contributed by atoms with E-state index < -0.39 is 10.0 Å². The summed E-state index contributed by atoms with van der Waals surface area (Å²) in [7, 11) is 1.08. The number of methoxy groups -OCH3 is 1. The Morgan fingerprint density at radius 1 is 1.24 bits per heavy atom. The van der Waals surface area contributed by atoms with Crippen LogP contribution in [0.2, 0.25) is 0 Å². The minimum absolute atomic E-state index is 0.0350. The quantitative estimate of drug-likeness (QED) is 0.604. The van der Waals surface area contributed by atoms with E-state index in [1.807, 2.05) is 0 Å². The van der Waals surface area contributed by atoms with Crippen LogP contribution in [0.15, 0.2) is 21.6 Å². The fourth-order valence-corrected chi connectivity index (χ4v) is 2.34. The van der Waals surface area contributed by atoms with E-state index >= 15 is 0 Å². The van der Waals surface area contributed by atoms with Crippen molar-refractivity contribution in [2.45, 2.75) is 18.1 Å².